The fourth-order valence-corrected chi connectivity index (χ4v) is 2.93. The maximum atomic E-state index is 5.90. The minimum Gasteiger partial charge on any atom is -0.472 e. The van der Waals surface area contributed by atoms with Crippen LogP contribution in [0.25, 0.3) is 0 Å². The van der Waals surface area contributed by atoms with E-state index in [0.29, 0.717) is 12.6 Å². The maximum Gasteiger partial charge on any atom is 0.0950 e. The minimum absolute atomic E-state index is 0.323. The predicted molar refractivity (Wildman–Crippen MR) is 65.0 cm³/mol. The molecule has 3 nitrogen and oxygen atoms in total. The highest BCUT2D eigenvalue weighted by atomic mass is 16.3. The summed E-state index contributed by atoms with van der Waals surface area (Å²) in [4.78, 5) is 2.50. The Morgan fingerprint density at radius 2 is 2.12 bits per heavy atom. The third kappa shape index (κ3) is 2.47. The lowest BCUT2D eigenvalue weighted by Gasteiger charge is -2.39. The molecule has 3 atom stereocenters. The molecular weight excluding hydrogens is 200 g/mol. The molecule has 0 bridgehead atoms. The summed E-state index contributed by atoms with van der Waals surface area (Å²) in [5, 5.41) is 0. The molecule has 1 aromatic heterocycles. The Hall–Kier alpha value is -0.800. The average Bonchev–Trinajstić information content (AvgIpc) is 2.70. The van der Waals surface area contributed by atoms with Crippen molar-refractivity contribution >= 4 is 0 Å². The van der Waals surface area contributed by atoms with Gasteiger partial charge in [0.1, 0.15) is 0 Å². The standard InChI is InChI=1S/C13H22N2O/c1-10-5-11(2)8-15(7-10)13(6-14)12-3-4-16-9-12/h3-4,9-11,13H,5-8,14H2,1-2H3. The van der Waals surface area contributed by atoms with Gasteiger partial charge in [-0.25, -0.2) is 0 Å². The Bertz CT molecular complexity index is 300. The summed E-state index contributed by atoms with van der Waals surface area (Å²) in [7, 11) is 0. The molecule has 16 heavy (non-hydrogen) atoms. The molecule has 1 fully saturated rings. The summed E-state index contributed by atoms with van der Waals surface area (Å²) in [5.41, 5.74) is 7.11. The molecule has 2 rings (SSSR count). The van der Waals surface area contributed by atoms with E-state index in [4.69, 9.17) is 10.2 Å². The zero-order valence-corrected chi connectivity index (χ0v) is 10.2. The third-order valence-corrected chi connectivity index (χ3v) is 3.49. The second-order valence-corrected chi connectivity index (χ2v) is 5.21. The number of nitrogens with zero attached hydrogens (tertiary/aromatic N) is 1. The summed E-state index contributed by atoms with van der Waals surface area (Å²) >= 11 is 0. The van der Waals surface area contributed by atoms with Gasteiger partial charge in [-0.1, -0.05) is 13.8 Å². The molecular formula is C13H22N2O. The van der Waals surface area contributed by atoms with Gasteiger partial charge in [-0.05, 0) is 24.3 Å². The zero-order chi connectivity index (χ0) is 11.5. The molecule has 0 spiro atoms. The van der Waals surface area contributed by atoms with E-state index in [9.17, 15) is 0 Å². The van der Waals surface area contributed by atoms with Crippen molar-refractivity contribution < 1.29 is 4.42 Å². The van der Waals surface area contributed by atoms with Gasteiger partial charge in [-0.3, -0.25) is 4.90 Å². The van der Waals surface area contributed by atoms with Gasteiger partial charge in [0.15, 0.2) is 0 Å². The molecule has 1 saturated heterocycles. The number of furan rings is 1. The number of piperidine rings is 1. The highest BCUT2D eigenvalue weighted by Crippen LogP contribution is 2.28. The van der Waals surface area contributed by atoms with Crippen LogP contribution in [0, 0.1) is 11.8 Å². The average molecular weight is 222 g/mol. The molecule has 3 heteroatoms. The van der Waals surface area contributed by atoms with Crippen molar-refractivity contribution in [3.63, 3.8) is 0 Å². The SMILES string of the molecule is CC1CC(C)CN(C(CN)c2ccoc2)C1. The largest absolute Gasteiger partial charge is 0.472 e. The zero-order valence-electron chi connectivity index (χ0n) is 10.2. The normalized spacial score (nSPS) is 29.2. The van der Waals surface area contributed by atoms with Crippen molar-refractivity contribution in [1.82, 2.24) is 4.90 Å². The molecule has 0 radical (unpaired) electrons. The molecule has 2 N–H and O–H groups in total. The van der Waals surface area contributed by atoms with Crippen LogP contribution < -0.4 is 5.73 Å². The number of hydrogen-bond donors (Lipinski definition) is 1. The molecule has 0 aliphatic carbocycles. The molecule has 1 aliphatic heterocycles. The van der Waals surface area contributed by atoms with Crippen LogP contribution in [0.4, 0.5) is 0 Å². The van der Waals surface area contributed by atoms with Gasteiger partial charge in [0.25, 0.3) is 0 Å². The van der Waals surface area contributed by atoms with Crippen molar-refractivity contribution in [3.05, 3.63) is 24.2 Å². The van der Waals surface area contributed by atoms with Gasteiger partial charge in [-0.15, -0.1) is 0 Å². The highest BCUT2D eigenvalue weighted by molar-refractivity contribution is 5.12. The van der Waals surface area contributed by atoms with E-state index >= 15 is 0 Å². The topological polar surface area (TPSA) is 42.4 Å². The Balaban J connectivity index is 2.09. The molecule has 2 heterocycles. The lowest BCUT2D eigenvalue weighted by Crippen LogP contribution is -2.43. The van der Waals surface area contributed by atoms with E-state index in [0.717, 1.165) is 24.9 Å². The van der Waals surface area contributed by atoms with Crippen molar-refractivity contribution in [1.29, 1.82) is 0 Å². The van der Waals surface area contributed by atoms with E-state index in [1.165, 1.54) is 12.0 Å². The molecule has 3 unspecified atom stereocenters. The van der Waals surface area contributed by atoms with Crippen molar-refractivity contribution in [2.45, 2.75) is 26.3 Å². The van der Waals surface area contributed by atoms with E-state index in [1.54, 1.807) is 6.26 Å². The summed E-state index contributed by atoms with van der Waals surface area (Å²) in [6.07, 6.45) is 4.88. The number of rotatable bonds is 3. The van der Waals surface area contributed by atoms with Crippen LogP contribution in [0.15, 0.2) is 23.0 Å². The smallest absolute Gasteiger partial charge is 0.0950 e. The van der Waals surface area contributed by atoms with E-state index in [-0.39, 0.29) is 0 Å². The first-order valence-electron chi connectivity index (χ1n) is 6.17. The second-order valence-electron chi connectivity index (χ2n) is 5.21. The van der Waals surface area contributed by atoms with Crippen molar-refractivity contribution in [2.75, 3.05) is 19.6 Å². The molecule has 0 aromatic carbocycles. The number of nitrogens with two attached hydrogens (primary N) is 1. The second kappa shape index (κ2) is 5.02. The van der Waals surface area contributed by atoms with Crippen LogP contribution >= 0.6 is 0 Å². The van der Waals surface area contributed by atoms with E-state index in [2.05, 4.69) is 18.7 Å². The highest BCUT2D eigenvalue weighted by Gasteiger charge is 2.27. The Kier molecular flexibility index (Phi) is 3.66. The number of hydrogen-bond acceptors (Lipinski definition) is 3. The van der Waals surface area contributed by atoms with Gasteiger partial charge < -0.3 is 10.2 Å². The molecule has 1 aliphatic rings. The minimum atomic E-state index is 0.323. The molecule has 0 saturated carbocycles. The van der Waals surface area contributed by atoms with Gasteiger partial charge in [-0.2, -0.15) is 0 Å². The monoisotopic (exact) mass is 222 g/mol. The Morgan fingerprint density at radius 3 is 2.62 bits per heavy atom. The van der Waals surface area contributed by atoms with Gasteiger partial charge >= 0.3 is 0 Å². The fraction of sp³-hybridized carbons (Fsp3) is 0.692. The van der Waals surface area contributed by atoms with Crippen LogP contribution in [0.5, 0.6) is 0 Å². The molecule has 1 aromatic rings. The molecule has 0 amide bonds. The van der Waals surface area contributed by atoms with Gasteiger partial charge in [0, 0.05) is 25.2 Å². The number of likely N-dealkylation sites (tertiary alicyclic amines) is 1. The van der Waals surface area contributed by atoms with Crippen molar-refractivity contribution in [2.24, 2.45) is 17.6 Å². The van der Waals surface area contributed by atoms with E-state index in [1.807, 2.05) is 12.3 Å². The first-order chi connectivity index (χ1) is 7.70. The fourth-order valence-electron chi connectivity index (χ4n) is 2.93. The lowest BCUT2D eigenvalue weighted by molar-refractivity contribution is 0.0981. The summed E-state index contributed by atoms with van der Waals surface area (Å²) in [6, 6.07) is 2.35. The van der Waals surface area contributed by atoms with Gasteiger partial charge in [0.2, 0.25) is 0 Å². The summed E-state index contributed by atoms with van der Waals surface area (Å²) in [5.74, 6) is 1.54. The third-order valence-electron chi connectivity index (χ3n) is 3.49. The van der Waals surface area contributed by atoms with Gasteiger partial charge in [0.05, 0.1) is 18.6 Å². The van der Waals surface area contributed by atoms with Crippen LogP contribution in [0.2, 0.25) is 0 Å². The van der Waals surface area contributed by atoms with Crippen LogP contribution in [0.3, 0.4) is 0 Å². The Morgan fingerprint density at radius 1 is 1.44 bits per heavy atom. The quantitative estimate of drug-likeness (QED) is 0.853. The van der Waals surface area contributed by atoms with Crippen molar-refractivity contribution in [3.8, 4) is 0 Å². The van der Waals surface area contributed by atoms with Crippen LogP contribution in [-0.2, 0) is 0 Å². The van der Waals surface area contributed by atoms with E-state index < -0.39 is 0 Å². The van der Waals surface area contributed by atoms with Crippen LogP contribution in [0.1, 0.15) is 31.9 Å². The predicted octanol–water partition coefficient (Wildman–Crippen LogP) is 2.26. The molecule has 90 valence electrons. The Labute approximate surface area is 97.6 Å². The lowest BCUT2D eigenvalue weighted by atomic mass is 9.90. The summed E-state index contributed by atoms with van der Waals surface area (Å²) in [6.45, 7) is 7.62. The van der Waals surface area contributed by atoms with Crippen LogP contribution in [-0.4, -0.2) is 24.5 Å². The maximum absolute atomic E-state index is 5.90. The first-order valence-corrected chi connectivity index (χ1v) is 6.17. The summed E-state index contributed by atoms with van der Waals surface area (Å²) < 4.78 is 5.16. The first kappa shape index (κ1) is 11.7.